The summed E-state index contributed by atoms with van der Waals surface area (Å²) in [4.78, 5) is 65.4. The molecule has 3 N–H and O–H groups in total. The second-order valence-corrected chi connectivity index (χ2v) is 18.2. The third-order valence-electron chi connectivity index (χ3n) is 14.4. The van der Waals surface area contributed by atoms with Crippen molar-refractivity contribution >= 4 is 46.5 Å². The minimum atomic E-state index is -4.62. The predicted molar refractivity (Wildman–Crippen MR) is 228 cm³/mol. The number of pyridine rings is 1. The Balaban J connectivity index is 0.674. The molecule has 2 aromatic carbocycles. The average molecular weight is 868 g/mol. The fourth-order valence-corrected chi connectivity index (χ4v) is 10.6. The number of amides is 4. The Labute approximate surface area is 364 Å². The third-order valence-corrected chi connectivity index (χ3v) is 14.4. The molecule has 0 saturated carbocycles. The van der Waals surface area contributed by atoms with E-state index < -0.39 is 35.5 Å². The lowest BCUT2D eigenvalue weighted by Crippen LogP contribution is -2.60. The van der Waals surface area contributed by atoms with E-state index in [9.17, 15) is 37.5 Å². The predicted octanol–water partition coefficient (Wildman–Crippen LogP) is 5.29. The van der Waals surface area contributed by atoms with Crippen molar-refractivity contribution in [3.63, 3.8) is 0 Å². The Bertz CT molecular complexity index is 2290. The number of hydrogen-bond acceptors (Lipinski definition) is 11. The molecule has 1 spiro atoms. The van der Waals surface area contributed by atoms with Gasteiger partial charge in [0, 0.05) is 87.2 Å². The number of fused-ring (bicyclic) bond motifs is 1. The maximum Gasteiger partial charge on any atom is 0.417 e. The van der Waals surface area contributed by atoms with E-state index in [4.69, 9.17) is 5.26 Å². The summed E-state index contributed by atoms with van der Waals surface area (Å²) in [5.74, 6) is -0.597. The summed E-state index contributed by atoms with van der Waals surface area (Å²) in [6.07, 6.45) is 2.81. The number of nitriles is 1. The topological polar surface area (TPSA) is 165 Å². The molecule has 3 aromatic rings. The molecule has 14 nitrogen and oxygen atoms in total. The molecule has 9 rings (SSSR count). The molecule has 5 fully saturated rings. The Hall–Kier alpha value is -5.73. The zero-order valence-corrected chi connectivity index (χ0v) is 35.1. The highest BCUT2D eigenvalue weighted by Gasteiger charge is 2.47. The lowest BCUT2D eigenvalue weighted by atomic mass is 9.71. The van der Waals surface area contributed by atoms with Gasteiger partial charge in [-0.3, -0.25) is 29.4 Å². The normalized spacial score (nSPS) is 23.4. The van der Waals surface area contributed by atoms with Crippen molar-refractivity contribution in [3.05, 3.63) is 77.0 Å². The second kappa shape index (κ2) is 17.1. The molecule has 7 heterocycles. The number of hydrogen-bond donors (Lipinski definition) is 3. The Morgan fingerprint density at radius 3 is 2.19 bits per heavy atom. The van der Waals surface area contributed by atoms with Gasteiger partial charge in [0.2, 0.25) is 17.7 Å². The van der Waals surface area contributed by atoms with Gasteiger partial charge in [-0.2, -0.15) is 18.4 Å². The summed E-state index contributed by atoms with van der Waals surface area (Å²) < 4.78 is 40.4. The minimum Gasteiger partial charge on any atom is -0.371 e. The number of rotatable bonds is 9. The standard InChI is InChI=1S/C46H52F3N9O5/c47-46(48,49)37-24-33(2-1-31(37)25-50)55-19-12-30(13-20-55)41(60)52-39-7-4-34(26-51-39)56-17-10-29(11-18-56)9-16-54-27-45(28-54)14-21-57(22-15-45)32-3-5-35-36(23-32)44(63)58(43(35)62)38-6-8-40(59)53-42(38)61/h1-5,7,23-24,26,29-30,38,43,62H,6,8-22,27-28H2,(H,51,52,60)(H,53,59,61). The van der Waals surface area contributed by atoms with Crippen LogP contribution >= 0.6 is 0 Å². The largest absolute Gasteiger partial charge is 0.417 e. The molecular weight excluding hydrogens is 816 g/mol. The maximum atomic E-state index is 13.5. The highest BCUT2D eigenvalue weighted by atomic mass is 19.4. The summed E-state index contributed by atoms with van der Waals surface area (Å²) in [5, 5.41) is 25.3. The van der Waals surface area contributed by atoms with Gasteiger partial charge in [0.15, 0.2) is 6.23 Å². The van der Waals surface area contributed by atoms with E-state index in [1.54, 1.807) is 18.3 Å². The molecule has 5 saturated heterocycles. The van der Waals surface area contributed by atoms with E-state index >= 15 is 0 Å². The molecular formula is C46H52F3N9O5. The summed E-state index contributed by atoms with van der Waals surface area (Å²) in [7, 11) is 0. The Kier molecular flexibility index (Phi) is 11.6. The molecule has 6 aliphatic rings. The van der Waals surface area contributed by atoms with Crippen molar-refractivity contribution in [1.82, 2.24) is 20.1 Å². The number of alkyl halides is 3. The third kappa shape index (κ3) is 8.67. The van der Waals surface area contributed by atoms with Crippen LogP contribution in [0, 0.1) is 28.6 Å². The highest BCUT2D eigenvalue weighted by molar-refractivity contribution is 6.06. The summed E-state index contributed by atoms with van der Waals surface area (Å²) >= 11 is 0. The van der Waals surface area contributed by atoms with Gasteiger partial charge >= 0.3 is 6.18 Å². The van der Waals surface area contributed by atoms with E-state index in [1.165, 1.54) is 23.5 Å². The summed E-state index contributed by atoms with van der Waals surface area (Å²) in [6.45, 7) is 7.84. The lowest BCUT2D eigenvalue weighted by Gasteiger charge is -2.55. The number of piperidine rings is 4. The van der Waals surface area contributed by atoms with E-state index in [1.807, 2.05) is 29.2 Å². The monoisotopic (exact) mass is 867 g/mol. The zero-order valence-electron chi connectivity index (χ0n) is 35.1. The first-order valence-corrected chi connectivity index (χ1v) is 22.1. The number of likely N-dealkylation sites (tertiary alicyclic amines) is 1. The van der Waals surface area contributed by atoms with Crippen molar-refractivity contribution in [2.45, 2.75) is 76.2 Å². The molecule has 17 heteroatoms. The smallest absolute Gasteiger partial charge is 0.371 e. The highest BCUT2D eigenvalue weighted by Crippen LogP contribution is 2.43. The van der Waals surface area contributed by atoms with Crippen LogP contribution in [0.2, 0.25) is 0 Å². The number of aliphatic hydroxyl groups is 1. The molecule has 0 aliphatic carbocycles. The number of nitrogens with one attached hydrogen (secondary N) is 2. The first kappa shape index (κ1) is 42.6. The number of carbonyl (C=O) groups is 4. The number of aromatic nitrogens is 1. The quantitative estimate of drug-likeness (QED) is 0.240. The number of anilines is 4. The Morgan fingerprint density at radius 2 is 1.52 bits per heavy atom. The molecule has 1 aromatic heterocycles. The number of halogens is 3. The lowest BCUT2D eigenvalue weighted by molar-refractivity contribution is -0.140. The van der Waals surface area contributed by atoms with Crippen LogP contribution in [-0.2, 0) is 20.6 Å². The number of carbonyl (C=O) groups excluding carboxylic acids is 4. The van der Waals surface area contributed by atoms with E-state index in [0.717, 1.165) is 88.9 Å². The van der Waals surface area contributed by atoms with Gasteiger partial charge < -0.3 is 30.0 Å². The van der Waals surface area contributed by atoms with Gasteiger partial charge in [-0.25, -0.2) is 4.98 Å². The van der Waals surface area contributed by atoms with Crippen LogP contribution in [-0.4, -0.2) is 108 Å². The van der Waals surface area contributed by atoms with Gasteiger partial charge in [-0.1, -0.05) is 6.07 Å². The van der Waals surface area contributed by atoms with E-state index in [2.05, 4.69) is 30.3 Å². The van der Waals surface area contributed by atoms with Crippen molar-refractivity contribution in [2.24, 2.45) is 17.3 Å². The van der Waals surface area contributed by atoms with Crippen molar-refractivity contribution in [3.8, 4) is 6.07 Å². The van der Waals surface area contributed by atoms with Crippen LogP contribution in [0.5, 0.6) is 0 Å². The number of nitrogens with zero attached hydrogens (tertiary/aromatic N) is 7. The minimum absolute atomic E-state index is 0.129. The fourth-order valence-electron chi connectivity index (χ4n) is 10.6. The van der Waals surface area contributed by atoms with Crippen molar-refractivity contribution < 1.29 is 37.5 Å². The van der Waals surface area contributed by atoms with E-state index in [-0.39, 0.29) is 36.5 Å². The molecule has 63 heavy (non-hydrogen) atoms. The molecule has 332 valence electrons. The molecule has 4 amide bonds. The van der Waals surface area contributed by atoms with Crippen LogP contribution in [0.4, 0.5) is 36.1 Å². The van der Waals surface area contributed by atoms with Gasteiger partial charge in [-0.05, 0) is 112 Å². The molecule has 0 radical (unpaired) electrons. The second-order valence-electron chi connectivity index (χ2n) is 18.2. The number of imide groups is 1. The van der Waals surface area contributed by atoms with Gasteiger partial charge in [0.25, 0.3) is 5.91 Å². The van der Waals surface area contributed by atoms with Crippen LogP contribution in [0.15, 0.2) is 54.7 Å². The molecule has 6 aliphatic heterocycles. The van der Waals surface area contributed by atoms with Gasteiger partial charge in [0.1, 0.15) is 11.9 Å². The number of aliphatic hydroxyl groups excluding tert-OH is 1. The first-order valence-electron chi connectivity index (χ1n) is 22.1. The summed E-state index contributed by atoms with van der Waals surface area (Å²) in [5.41, 5.74) is 2.23. The average Bonchev–Trinajstić information content (AvgIpc) is 3.52. The number of benzene rings is 2. The fraction of sp³-hybridized carbons (Fsp3) is 0.522. The van der Waals surface area contributed by atoms with Crippen LogP contribution in [0.1, 0.15) is 91.1 Å². The Morgan fingerprint density at radius 1 is 0.873 bits per heavy atom. The SMILES string of the molecule is N#Cc1ccc(N2CCC(C(=O)Nc3ccc(N4CCC(CCN5CC6(CCN(c7ccc8c(c7)C(=O)N(C7CCC(=O)NC7=O)C8O)CC6)C5)CC4)cn3)CC2)cc1C(F)(F)F. The van der Waals surface area contributed by atoms with Gasteiger partial charge in [0.05, 0.1) is 29.1 Å². The molecule has 2 atom stereocenters. The zero-order chi connectivity index (χ0) is 44.0. The van der Waals surface area contributed by atoms with Crippen molar-refractivity contribution in [1.29, 1.82) is 5.26 Å². The van der Waals surface area contributed by atoms with E-state index in [0.29, 0.717) is 59.9 Å². The molecule has 0 bridgehead atoms. The van der Waals surface area contributed by atoms with Crippen molar-refractivity contribution in [2.75, 3.05) is 78.9 Å². The van der Waals surface area contributed by atoms with Crippen LogP contribution in [0.25, 0.3) is 0 Å². The van der Waals surface area contributed by atoms with Crippen LogP contribution in [0.3, 0.4) is 0 Å². The molecule has 2 unspecified atom stereocenters. The van der Waals surface area contributed by atoms with Crippen LogP contribution < -0.4 is 25.3 Å². The first-order chi connectivity index (χ1) is 30.3. The maximum absolute atomic E-state index is 13.5. The van der Waals surface area contributed by atoms with Gasteiger partial charge in [-0.15, -0.1) is 0 Å². The summed E-state index contributed by atoms with van der Waals surface area (Å²) in [6, 6.07) is 13.9.